The van der Waals surface area contributed by atoms with Crippen LogP contribution in [0.3, 0.4) is 0 Å². The Morgan fingerprint density at radius 3 is 2.39 bits per heavy atom. The monoisotopic (exact) mass is 495 g/mol. The van der Waals surface area contributed by atoms with E-state index in [0.717, 1.165) is 24.8 Å². The van der Waals surface area contributed by atoms with Gasteiger partial charge in [0.05, 0.1) is 25.0 Å². The van der Waals surface area contributed by atoms with Crippen LogP contribution < -0.4 is 10.6 Å². The van der Waals surface area contributed by atoms with Gasteiger partial charge < -0.3 is 20.2 Å². The van der Waals surface area contributed by atoms with Crippen LogP contribution in [-0.2, 0) is 6.54 Å². The second-order valence-corrected chi connectivity index (χ2v) is 9.19. The van der Waals surface area contributed by atoms with Crippen LogP contribution >= 0.6 is 0 Å². The van der Waals surface area contributed by atoms with Crippen molar-refractivity contribution in [1.29, 1.82) is 0 Å². The lowest BCUT2D eigenvalue weighted by Gasteiger charge is -2.19. The smallest absolute Gasteiger partial charge is 0.288 e. The molecule has 0 spiro atoms. The number of hydrogen-bond acceptors (Lipinski definition) is 6. The summed E-state index contributed by atoms with van der Waals surface area (Å²) < 4.78 is 7.30. The van der Waals surface area contributed by atoms with Gasteiger partial charge in [-0.3, -0.25) is 14.3 Å². The number of hydrogen-bond donors (Lipinski definition) is 3. The molecular formula is C27H37N5O4. The van der Waals surface area contributed by atoms with Gasteiger partial charge in [0.15, 0.2) is 0 Å². The highest BCUT2D eigenvalue weighted by Crippen LogP contribution is 2.26. The minimum atomic E-state index is -0.290. The Morgan fingerprint density at radius 1 is 1.03 bits per heavy atom. The summed E-state index contributed by atoms with van der Waals surface area (Å²) in [5.41, 5.74) is 2.42. The number of amides is 2. The highest BCUT2D eigenvalue weighted by Gasteiger charge is 2.21. The topological polar surface area (TPSA) is 122 Å². The molecule has 194 valence electrons. The van der Waals surface area contributed by atoms with Crippen LogP contribution in [0.15, 0.2) is 40.9 Å². The van der Waals surface area contributed by atoms with E-state index in [1.54, 1.807) is 6.07 Å². The number of benzene rings is 1. The Hall–Kier alpha value is -3.46. The number of carbonyl (C=O) groups is 2. The van der Waals surface area contributed by atoms with E-state index < -0.39 is 0 Å². The first kappa shape index (κ1) is 27.1. The summed E-state index contributed by atoms with van der Waals surface area (Å²) in [5, 5.41) is 20.1. The van der Waals surface area contributed by atoms with E-state index in [1.807, 2.05) is 45.0 Å². The second-order valence-electron chi connectivity index (χ2n) is 9.19. The van der Waals surface area contributed by atoms with E-state index in [1.165, 1.54) is 10.9 Å². The van der Waals surface area contributed by atoms with Crippen molar-refractivity contribution in [2.24, 2.45) is 5.92 Å². The van der Waals surface area contributed by atoms with Crippen LogP contribution in [0.25, 0.3) is 22.7 Å². The third kappa shape index (κ3) is 6.40. The van der Waals surface area contributed by atoms with E-state index in [2.05, 4.69) is 34.6 Å². The van der Waals surface area contributed by atoms with Gasteiger partial charge in [0, 0.05) is 23.2 Å². The molecule has 36 heavy (non-hydrogen) atoms. The molecule has 9 nitrogen and oxygen atoms in total. The first-order valence-electron chi connectivity index (χ1n) is 12.7. The number of carbonyl (C=O) groups excluding carboxylic acids is 2. The Balaban J connectivity index is 1.85. The molecule has 3 aromatic rings. The maximum atomic E-state index is 12.9. The van der Waals surface area contributed by atoms with Gasteiger partial charge in [-0.1, -0.05) is 46.8 Å². The number of nitrogens with one attached hydrogen (secondary N) is 2. The van der Waals surface area contributed by atoms with Crippen molar-refractivity contribution in [3.63, 3.8) is 0 Å². The van der Waals surface area contributed by atoms with Gasteiger partial charge in [-0.15, -0.1) is 0 Å². The molecule has 2 aromatic heterocycles. The molecule has 0 fully saturated rings. The van der Waals surface area contributed by atoms with Crippen LogP contribution in [0.2, 0.25) is 0 Å². The summed E-state index contributed by atoms with van der Waals surface area (Å²) in [6.07, 6.45) is 3.92. The zero-order chi connectivity index (χ0) is 26.2. The lowest BCUT2D eigenvalue weighted by molar-refractivity contribution is 0.0895. The SMILES string of the molecule is CCC(CC)NC(=O)c1cc(-c2cccc(-c3ncc(C(=O)NC(CC)C(C)C)o3)c2)nn1CCO. The summed E-state index contributed by atoms with van der Waals surface area (Å²) in [6, 6.07) is 9.26. The summed E-state index contributed by atoms with van der Waals surface area (Å²) >= 11 is 0. The molecule has 0 bridgehead atoms. The van der Waals surface area contributed by atoms with E-state index in [0.29, 0.717) is 28.8 Å². The Bertz CT molecular complexity index is 1160. The van der Waals surface area contributed by atoms with Crippen molar-refractivity contribution in [2.75, 3.05) is 6.61 Å². The van der Waals surface area contributed by atoms with Gasteiger partial charge in [-0.25, -0.2) is 4.98 Å². The van der Waals surface area contributed by atoms with E-state index >= 15 is 0 Å². The van der Waals surface area contributed by atoms with Crippen molar-refractivity contribution in [2.45, 2.75) is 72.5 Å². The lowest BCUT2D eigenvalue weighted by atomic mass is 10.0. The number of oxazole rings is 1. The van der Waals surface area contributed by atoms with Crippen LogP contribution in [-0.4, -0.2) is 50.4 Å². The molecule has 0 saturated carbocycles. The Labute approximate surface area is 212 Å². The molecular weight excluding hydrogens is 458 g/mol. The first-order valence-corrected chi connectivity index (χ1v) is 12.7. The third-order valence-electron chi connectivity index (χ3n) is 6.34. The molecule has 3 rings (SSSR count). The summed E-state index contributed by atoms with van der Waals surface area (Å²) in [6.45, 7) is 10.3. The minimum absolute atomic E-state index is 0.0553. The Morgan fingerprint density at radius 2 is 1.75 bits per heavy atom. The number of nitrogens with zero attached hydrogens (tertiary/aromatic N) is 3. The number of rotatable bonds is 12. The van der Waals surface area contributed by atoms with Crippen molar-refractivity contribution in [3.8, 4) is 22.7 Å². The van der Waals surface area contributed by atoms with E-state index in [4.69, 9.17) is 4.42 Å². The second kappa shape index (κ2) is 12.5. The number of aliphatic hydroxyl groups excluding tert-OH is 1. The average Bonchev–Trinajstić information content (AvgIpc) is 3.54. The lowest BCUT2D eigenvalue weighted by Crippen LogP contribution is -2.37. The molecule has 1 aromatic carbocycles. The third-order valence-corrected chi connectivity index (χ3v) is 6.34. The maximum absolute atomic E-state index is 12.9. The fourth-order valence-corrected chi connectivity index (χ4v) is 4.06. The van der Waals surface area contributed by atoms with Crippen molar-refractivity contribution >= 4 is 11.8 Å². The predicted molar refractivity (Wildman–Crippen MR) is 138 cm³/mol. The standard InChI is InChI=1S/C27H37N5O4/c1-6-20(7-2)29-25(34)23-15-22(31-32(23)12-13-33)18-10-9-11-19(14-18)27-28-16-24(36-27)26(35)30-21(8-3)17(4)5/h9-11,14-17,20-21,33H,6-8,12-13H2,1-5H3,(H,29,34)(H,30,35). The molecule has 9 heteroatoms. The maximum Gasteiger partial charge on any atom is 0.288 e. The summed E-state index contributed by atoms with van der Waals surface area (Å²) in [7, 11) is 0. The highest BCUT2D eigenvalue weighted by atomic mass is 16.4. The molecule has 2 amide bonds. The average molecular weight is 496 g/mol. The van der Waals surface area contributed by atoms with Gasteiger partial charge in [0.2, 0.25) is 11.7 Å². The zero-order valence-electron chi connectivity index (χ0n) is 21.7. The van der Waals surface area contributed by atoms with E-state index in [-0.39, 0.29) is 42.8 Å². The Kier molecular flexibility index (Phi) is 9.41. The van der Waals surface area contributed by atoms with E-state index in [9.17, 15) is 14.7 Å². The minimum Gasteiger partial charge on any atom is -0.431 e. The van der Waals surface area contributed by atoms with Crippen LogP contribution in [0.5, 0.6) is 0 Å². The molecule has 2 heterocycles. The van der Waals surface area contributed by atoms with Crippen LogP contribution in [0.1, 0.15) is 74.9 Å². The van der Waals surface area contributed by atoms with Gasteiger partial charge >= 0.3 is 0 Å². The summed E-state index contributed by atoms with van der Waals surface area (Å²) in [4.78, 5) is 29.8. The van der Waals surface area contributed by atoms with Crippen LogP contribution in [0, 0.1) is 5.92 Å². The van der Waals surface area contributed by atoms with Crippen molar-refractivity contribution in [1.82, 2.24) is 25.4 Å². The van der Waals surface area contributed by atoms with Gasteiger partial charge in [0.1, 0.15) is 5.69 Å². The first-order chi connectivity index (χ1) is 17.3. The largest absolute Gasteiger partial charge is 0.431 e. The summed E-state index contributed by atoms with van der Waals surface area (Å²) in [5.74, 6) is 0.275. The van der Waals surface area contributed by atoms with Crippen molar-refractivity contribution in [3.05, 3.63) is 48.0 Å². The molecule has 0 aliphatic heterocycles. The van der Waals surface area contributed by atoms with Crippen LogP contribution in [0.4, 0.5) is 0 Å². The molecule has 0 radical (unpaired) electrons. The van der Waals surface area contributed by atoms with Gasteiger partial charge in [-0.05, 0) is 43.4 Å². The molecule has 0 aliphatic carbocycles. The number of aliphatic hydroxyl groups is 1. The fourth-order valence-electron chi connectivity index (χ4n) is 4.06. The molecule has 1 unspecified atom stereocenters. The quantitative estimate of drug-likeness (QED) is 0.345. The van der Waals surface area contributed by atoms with Gasteiger partial charge in [-0.2, -0.15) is 5.10 Å². The number of aromatic nitrogens is 3. The van der Waals surface area contributed by atoms with Gasteiger partial charge in [0.25, 0.3) is 11.8 Å². The molecule has 1 atom stereocenters. The fraction of sp³-hybridized carbons (Fsp3) is 0.481. The van der Waals surface area contributed by atoms with Crippen molar-refractivity contribution < 1.29 is 19.1 Å². The molecule has 0 saturated heterocycles. The zero-order valence-corrected chi connectivity index (χ0v) is 21.7. The molecule has 0 aliphatic rings. The predicted octanol–water partition coefficient (Wildman–Crippen LogP) is 4.28. The normalized spacial score (nSPS) is 12.2. The highest BCUT2D eigenvalue weighted by molar-refractivity contribution is 5.94. The molecule has 3 N–H and O–H groups in total.